The summed E-state index contributed by atoms with van der Waals surface area (Å²) in [5.74, 6) is -0.270. The summed E-state index contributed by atoms with van der Waals surface area (Å²) in [4.78, 5) is 10.3. The quantitative estimate of drug-likeness (QED) is 0.319. The Balaban J connectivity index is 3.16. The molecule has 2 N–H and O–H groups in total. The highest BCUT2D eigenvalue weighted by Crippen LogP contribution is 1.65. The van der Waals surface area contributed by atoms with Crippen LogP contribution in [0.3, 0.4) is 0 Å². The van der Waals surface area contributed by atoms with Crippen LogP contribution in [0.5, 0.6) is 0 Å². The van der Waals surface area contributed by atoms with E-state index in [1.807, 2.05) is 0 Å². The Hall–Kier alpha value is -1.09. The minimum absolute atomic E-state index is 0.270. The lowest BCUT2D eigenvalue weighted by Crippen LogP contribution is -2.33. The number of nitrogens with one attached hydrogen (secondary N) is 2. The van der Waals surface area contributed by atoms with Gasteiger partial charge < -0.3 is 0 Å². The van der Waals surface area contributed by atoms with Crippen LogP contribution in [0.1, 0.15) is 0 Å². The molecular weight excluding hydrogens is 116 g/mol. The molecule has 0 spiro atoms. The van der Waals surface area contributed by atoms with Crippen molar-refractivity contribution in [2.45, 2.75) is 0 Å². The first-order valence-corrected chi connectivity index (χ1v) is 2.43. The van der Waals surface area contributed by atoms with Crippen molar-refractivity contribution >= 4 is 5.91 Å². The number of hydrogen-bond acceptors (Lipinski definition) is 2. The van der Waals surface area contributed by atoms with Crippen molar-refractivity contribution in [1.82, 2.24) is 10.9 Å². The van der Waals surface area contributed by atoms with Crippen LogP contribution in [0.15, 0.2) is 25.3 Å². The van der Waals surface area contributed by atoms with Crippen LogP contribution in [0, 0.1) is 6.54 Å². The summed E-state index contributed by atoms with van der Waals surface area (Å²) in [6, 6.07) is 0. The topological polar surface area (TPSA) is 41.1 Å². The van der Waals surface area contributed by atoms with Crippen LogP contribution < -0.4 is 10.9 Å². The predicted octanol–water partition coefficient (Wildman–Crippen LogP) is 0.141. The van der Waals surface area contributed by atoms with Gasteiger partial charge in [0.05, 0.1) is 6.54 Å². The fraction of sp³-hybridized carbons (Fsp3) is 0. The van der Waals surface area contributed by atoms with Gasteiger partial charge >= 0.3 is 0 Å². The summed E-state index contributed by atoms with van der Waals surface area (Å²) >= 11 is 0. The Morgan fingerprint density at radius 1 is 1.44 bits per heavy atom. The average molecular weight is 125 g/mol. The number of rotatable bonds is 4. The highest BCUT2D eigenvalue weighted by molar-refractivity contribution is 5.86. The third-order valence-electron chi connectivity index (χ3n) is 0.582. The maximum atomic E-state index is 10.3. The van der Waals surface area contributed by atoms with Gasteiger partial charge in [-0.05, 0) is 6.08 Å². The standard InChI is InChI=1S/C6H9N2O/c1-3-5-7-8-6(9)4-2/h3-5,7H,1-2H2,(H,8,9). The average Bonchev–Trinajstić information content (AvgIpc) is 1.89. The zero-order valence-electron chi connectivity index (χ0n) is 5.05. The maximum Gasteiger partial charge on any atom is 0.257 e. The monoisotopic (exact) mass is 125 g/mol. The first-order valence-electron chi connectivity index (χ1n) is 2.43. The zero-order valence-corrected chi connectivity index (χ0v) is 5.05. The molecule has 3 heteroatoms. The lowest BCUT2D eigenvalue weighted by molar-refractivity contribution is -0.117. The largest absolute Gasteiger partial charge is 0.287 e. The van der Waals surface area contributed by atoms with E-state index in [0.29, 0.717) is 0 Å². The van der Waals surface area contributed by atoms with Crippen molar-refractivity contribution in [3.8, 4) is 0 Å². The zero-order chi connectivity index (χ0) is 7.11. The Morgan fingerprint density at radius 2 is 2.11 bits per heavy atom. The molecule has 0 fully saturated rings. The normalized spacial score (nSPS) is 8.00. The van der Waals surface area contributed by atoms with Gasteiger partial charge in [-0.1, -0.05) is 12.7 Å². The van der Waals surface area contributed by atoms with Crippen LogP contribution in [-0.2, 0) is 4.79 Å². The molecule has 1 radical (unpaired) electrons. The third-order valence-corrected chi connectivity index (χ3v) is 0.582. The molecule has 9 heavy (non-hydrogen) atoms. The highest BCUT2D eigenvalue weighted by Gasteiger charge is 1.86. The summed E-state index contributed by atoms with van der Waals surface area (Å²) in [7, 11) is 0. The minimum Gasteiger partial charge on any atom is -0.287 e. The van der Waals surface area contributed by atoms with E-state index in [9.17, 15) is 4.79 Å². The SMILES string of the molecule is C=C[CH]NNC(=O)C=C. The van der Waals surface area contributed by atoms with Crippen molar-refractivity contribution in [2.75, 3.05) is 0 Å². The molecule has 0 rings (SSSR count). The first kappa shape index (κ1) is 7.91. The van der Waals surface area contributed by atoms with Crippen LogP contribution in [0.4, 0.5) is 0 Å². The smallest absolute Gasteiger partial charge is 0.257 e. The summed E-state index contributed by atoms with van der Waals surface area (Å²) in [5, 5.41) is 0. The van der Waals surface area contributed by atoms with E-state index in [0.717, 1.165) is 0 Å². The van der Waals surface area contributed by atoms with Gasteiger partial charge in [0.1, 0.15) is 0 Å². The molecule has 0 aliphatic rings. The molecule has 0 bridgehead atoms. The second-order valence-electron chi connectivity index (χ2n) is 1.24. The van der Waals surface area contributed by atoms with Crippen LogP contribution in [0.25, 0.3) is 0 Å². The molecule has 3 nitrogen and oxygen atoms in total. The van der Waals surface area contributed by atoms with Gasteiger partial charge in [-0.25, -0.2) is 5.43 Å². The van der Waals surface area contributed by atoms with E-state index in [-0.39, 0.29) is 5.91 Å². The molecule has 0 heterocycles. The van der Waals surface area contributed by atoms with Crippen molar-refractivity contribution in [2.24, 2.45) is 0 Å². The highest BCUT2D eigenvalue weighted by atomic mass is 16.2. The number of hydrazine groups is 1. The third kappa shape index (κ3) is 4.77. The fourth-order valence-electron chi connectivity index (χ4n) is 0.223. The molecule has 0 saturated carbocycles. The summed E-state index contributed by atoms with van der Waals surface area (Å²) in [6.07, 6.45) is 2.69. The van der Waals surface area contributed by atoms with Gasteiger partial charge in [0.25, 0.3) is 5.91 Å². The molecule has 0 atom stereocenters. The van der Waals surface area contributed by atoms with E-state index in [4.69, 9.17) is 0 Å². The van der Waals surface area contributed by atoms with Crippen LogP contribution >= 0.6 is 0 Å². The van der Waals surface area contributed by atoms with Crippen LogP contribution in [0.2, 0.25) is 0 Å². The number of amides is 1. The first-order chi connectivity index (χ1) is 4.31. The summed E-state index contributed by atoms with van der Waals surface area (Å²) < 4.78 is 0. The fourth-order valence-corrected chi connectivity index (χ4v) is 0.223. The lowest BCUT2D eigenvalue weighted by Gasteiger charge is -1.98. The van der Waals surface area contributed by atoms with E-state index < -0.39 is 0 Å². The molecule has 0 saturated heterocycles. The molecule has 0 aromatic heterocycles. The Morgan fingerprint density at radius 3 is 2.56 bits per heavy atom. The van der Waals surface area contributed by atoms with Crippen molar-refractivity contribution in [3.05, 3.63) is 31.9 Å². The Bertz CT molecular complexity index is 120. The molecule has 0 unspecified atom stereocenters. The number of carbonyl (C=O) groups excluding carboxylic acids is 1. The molecule has 0 aliphatic carbocycles. The van der Waals surface area contributed by atoms with E-state index in [2.05, 4.69) is 24.0 Å². The predicted molar refractivity (Wildman–Crippen MR) is 36.0 cm³/mol. The summed E-state index contributed by atoms with van der Waals surface area (Å²) in [5.41, 5.74) is 4.77. The van der Waals surface area contributed by atoms with Gasteiger partial charge in [0.2, 0.25) is 0 Å². The molecule has 49 valence electrons. The molecular formula is C6H9N2O. The van der Waals surface area contributed by atoms with Gasteiger partial charge in [-0.15, -0.1) is 6.58 Å². The molecule has 0 aromatic rings. The second-order valence-corrected chi connectivity index (χ2v) is 1.24. The van der Waals surface area contributed by atoms with E-state index >= 15 is 0 Å². The minimum atomic E-state index is -0.270. The van der Waals surface area contributed by atoms with Gasteiger partial charge in [0.15, 0.2) is 0 Å². The molecule has 0 aromatic carbocycles. The van der Waals surface area contributed by atoms with E-state index in [1.54, 1.807) is 0 Å². The van der Waals surface area contributed by atoms with Gasteiger partial charge in [-0.3, -0.25) is 10.2 Å². The van der Waals surface area contributed by atoms with Crippen molar-refractivity contribution < 1.29 is 4.79 Å². The van der Waals surface area contributed by atoms with Crippen molar-refractivity contribution in [1.29, 1.82) is 0 Å². The van der Waals surface area contributed by atoms with Gasteiger partial charge in [0, 0.05) is 0 Å². The van der Waals surface area contributed by atoms with Crippen LogP contribution in [-0.4, -0.2) is 5.91 Å². The maximum absolute atomic E-state index is 10.3. The second kappa shape index (κ2) is 5.05. The summed E-state index contributed by atoms with van der Waals surface area (Å²) in [6.45, 7) is 8.14. The van der Waals surface area contributed by atoms with E-state index in [1.165, 1.54) is 18.7 Å². The Labute approximate surface area is 54.4 Å². The molecule has 0 aliphatic heterocycles. The Kier molecular flexibility index (Phi) is 4.44. The lowest BCUT2D eigenvalue weighted by atomic mass is 10.6. The molecule has 1 amide bonds. The number of hydrogen-bond donors (Lipinski definition) is 2. The van der Waals surface area contributed by atoms with Crippen molar-refractivity contribution in [3.63, 3.8) is 0 Å². The van der Waals surface area contributed by atoms with Gasteiger partial charge in [-0.2, -0.15) is 0 Å². The number of carbonyl (C=O) groups is 1.